The molecule has 5 heteroatoms. The second-order valence-electron chi connectivity index (χ2n) is 3.45. The first-order chi connectivity index (χ1) is 8.21. The molecule has 0 aliphatic heterocycles. The Labute approximate surface area is 100 Å². The average Bonchev–Trinajstić information content (AvgIpc) is 2.36. The van der Waals surface area contributed by atoms with E-state index in [9.17, 15) is 4.79 Å². The number of aldehydes is 1. The first-order valence-corrected chi connectivity index (χ1v) is 5.24. The molecular weight excluding hydrogens is 222 g/mol. The molecule has 2 N–H and O–H groups in total. The van der Waals surface area contributed by atoms with Crippen LogP contribution in [-0.2, 0) is 9.47 Å². The number of anilines is 1. The van der Waals surface area contributed by atoms with Crippen molar-refractivity contribution in [2.24, 2.45) is 0 Å². The minimum Gasteiger partial charge on any atom is -0.491 e. The van der Waals surface area contributed by atoms with Gasteiger partial charge in [-0.05, 0) is 18.2 Å². The van der Waals surface area contributed by atoms with Gasteiger partial charge in [0.25, 0.3) is 0 Å². The summed E-state index contributed by atoms with van der Waals surface area (Å²) in [5.74, 6) is 0.501. The van der Waals surface area contributed by atoms with Crippen LogP contribution in [0.3, 0.4) is 0 Å². The van der Waals surface area contributed by atoms with Crippen LogP contribution in [0, 0.1) is 0 Å². The molecule has 0 aliphatic rings. The third kappa shape index (κ3) is 4.05. The van der Waals surface area contributed by atoms with Gasteiger partial charge in [-0.2, -0.15) is 0 Å². The summed E-state index contributed by atoms with van der Waals surface area (Å²) < 4.78 is 15.5. The van der Waals surface area contributed by atoms with E-state index in [1.807, 2.05) is 0 Å². The molecule has 0 saturated heterocycles. The number of nitrogen functional groups attached to an aromatic ring is 1. The van der Waals surface area contributed by atoms with E-state index >= 15 is 0 Å². The summed E-state index contributed by atoms with van der Waals surface area (Å²) in [6.45, 7) is 0.402. The Morgan fingerprint density at radius 3 is 2.65 bits per heavy atom. The molecule has 0 heterocycles. The first-order valence-electron chi connectivity index (χ1n) is 5.24. The van der Waals surface area contributed by atoms with Crippen LogP contribution in [0.4, 0.5) is 5.69 Å². The number of nitrogens with two attached hydrogens (primary N) is 1. The Morgan fingerprint density at radius 2 is 2.06 bits per heavy atom. The molecule has 5 nitrogen and oxygen atoms in total. The van der Waals surface area contributed by atoms with Gasteiger partial charge < -0.3 is 19.9 Å². The second-order valence-corrected chi connectivity index (χ2v) is 3.45. The SMILES string of the molecule is COC(CCOc1cc(C=O)ccc1N)OC. The topological polar surface area (TPSA) is 70.8 Å². The zero-order valence-electron chi connectivity index (χ0n) is 10.0. The van der Waals surface area contributed by atoms with Gasteiger partial charge in [-0.15, -0.1) is 0 Å². The van der Waals surface area contributed by atoms with Crippen molar-refractivity contribution in [2.45, 2.75) is 12.7 Å². The van der Waals surface area contributed by atoms with E-state index in [1.54, 1.807) is 32.4 Å². The van der Waals surface area contributed by atoms with E-state index in [1.165, 1.54) is 0 Å². The van der Waals surface area contributed by atoms with E-state index < -0.39 is 0 Å². The molecule has 0 saturated carbocycles. The van der Waals surface area contributed by atoms with Crippen molar-refractivity contribution in [3.8, 4) is 5.75 Å². The molecule has 0 fully saturated rings. The molecule has 0 radical (unpaired) electrons. The Morgan fingerprint density at radius 1 is 1.35 bits per heavy atom. The fourth-order valence-corrected chi connectivity index (χ4v) is 1.35. The van der Waals surface area contributed by atoms with E-state index in [4.69, 9.17) is 19.9 Å². The summed E-state index contributed by atoms with van der Waals surface area (Å²) in [6.07, 6.45) is 1.03. The highest BCUT2D eigenvalue weighted by Crippen LogP contribution is 2.22. The van der Waals surface area contributed by atoms with Crippen LogP contribution in [0.5, 0.6) is 5.75 Å². The van der Waals surface area contributed by atoms with Gasteiger partial charge in [-0.3, -0.25) is 4.79 Å². The molecule has 0 unspecified atom stereocenters. The van der Waals surface area contributed by atoms with Crippen molar-refractivity contribution in [2.75, 3.05) is 26.6 Å². The molecule has 0 bridgehead atoms. The monoisotopic (exact) mass is 239 g/mol. The zero-order chi connectivity index (χ0) is 12.7. The van der Waals surface area contributed by atoms with Gasteiger partial charge in [-0.25, -0.2) is 0 Å². The summed E-state index contributed by atoms with van der Waals surface area (Å²) in [7, 11) is 3.13. The van der Waals surface area contributed by atoms with E-state index in [0.717, 1.165) is 6.29 Å². The predicted molar refractivity (Wildman–Crippen MR) is 64.2 cm³/mol. The lowest BCUT2D eigenvalue weighted by atomic mass is 10.2. The van der Waals surface area contributed by atoms with Gasteiger partial charge in [0.05, 0.1) is 12.3 Å². The summed E-state index contributed by atoms with van der Waals surface area (Å²) in [5.41, 5.74) is 6.76. The molecule has 1 aromatic carbocycles. The van der Waals surface area contributed by atoms with Crippen LogP contribution in [0.1, 0.15) is 16.8 Å². The van der Waals surface area contributed by atoms with Crippen LogP contribution in [0.2, 0.25) is 0 Å². The molecule has 1 rings (SSSR count). The fourth-order valence-electron chi connectivity index (χ4n) is 1.35. The van der Waals surface area contributed by atoms with Crippen molar-refractivity contribution in [1.82, 2.24) is 0 Å². The minimum atomic E-state index is -0.300. The van der Waals surface area contributed by atoms with Gasteiger partial charge in [-0.1, -0.05) is 0 Å². The van der Waals surface area contributed by atoms with Crippen LogP contribution < -0.4 is 10.5 Å². The maximum absolute atomic E-state index is 10.6. The van der Waals surface area contributed by atoms with Crippen molar-refractivity contribution >= 4 is 12.0 Å². The maximum Gasteiger partial charge on any atom is 0.160 e. The standard InChI is InChI=1S/C12H17NO4/c1-15-12(16-2)5-6-17-11-7-9(8-14)3-4-10(11)13/h3-4,7-8,12H,5-6,13H2,1-2H3. The fraction of sp³-hybridized carbons (Fsp3) is 0.417. The lowest BCUT2D eigenvalue weighted by molar-refractivity contribution is -0.110. The lowest BCUT2D eigenvalue weighted by Gasteiger charge is -2.14. The van der Waals surface area contributed by atoms with Gasteiger partial charge in [0.15, 0.2) is 6.29 Å². The molecule has 0 aliphatic carbocycles. The number of hydrogen-bond donors (Lipinski definition) is 1. The predicted octanol–water partition coefficient (Wildman–Crippen LogP) is 1.47. The third-order valence-corrected chi connectivity index (χ3v) is 2.31. The van der Waals surface area contributed by atoms with Crippen molar-refractivity contribution < 1.29 is 19.0 Å². The molecule has 0 spiro atoms. The molecular formula is C12H17NO4. The number of carbonyl (C=O) groups excluding carboxylic acids is 1. The molecule has 0 aromatic heterocycles. The molecule has 1 aromatic rings. The summed E-state index contributed by atoms with van der Waals surface area (Å²) >= 11 is 0. The highest BCUT2D eigenvalue weighted by molar-refractivity contribution is 5.77. The lowest BCUT2D eigenvalue weighted by Crippen LogP contribution is -2.16. The Kier molecular flexibility index (Phi) is 5.45. The molecule has 0 amide bonds. The van der Waals surface area contributed by atoms with Crippen LogP contribution >= 0.6 is 0 Å². The summed E-state index contributed by atoms with van der Waals surface area (Å²) in [4.78, 5) is 10.6. The highest BCUT2D eigenvalue weighted by atomic mass is 16.7. The Balaban J connectivity index is 2.53. The Hall–Kier alpha value is -1.59. The Bertz CT molecular complexity index is 364. The van der Waals surface area contributed by atoms with Crippen LogP contribution in [0.15, 0.2) is 18.2 Å². The van der Waals surface area contributed by atoms with Crippen LogP contribution in [0.25, 0.3) is 0 Å². The van der Waals surface area contributed by atoms with Crippen molar-refractivity contribution in [3.05, 3.63) is 23.8 Å². The first kappa shape index (κ1) is 13.5. The smallest absolute Gasteiger partial charge is 0.160 e. The molecule has 0 atom stereocenters. The zero-order valence-corrected chi connectivity index (χ0v) is 10.0. The minimum absolute atomic E-state index is 0.300. The summed E-state index contributed by atoms with van der Waals surface area (Å²) in [6, 6.07) is 4.89. The van der Waals surface area contributed by atoms with Gasteiger partial charge >= 0.3 is 0 Å². The van der Waals surface area contributed by atoms with Gasteiger partial charge in [0, 0.05) is 26.2 Å². The molecule has 17 heavy (non-hydrogen) atoms. The van der Waals surface area contributed by atoms with Gasteiger partial charge in [0.2, 0.25) is 0 Å². The maximum atomic E-state index is 10.6. The van der Waals surface area contributed by atoms with E-state index in [0.29, 0.717) is 30.0 Å². The summed E-state index contributed by atoms with van der Waals surface area (Å²) in [5, 5.41) is 0. The van der Waals surface area contributed by atoms with E-state index in [-0.39, 0.29) is 6.29 Å². The third-order valence-electron chi connectivity index (χ3n) is 2.31. The number of benzene rings is 1. The second kappa shape index (κ2) is 6.88. The number of methoxy groups -OCH3 is 2. The van der Waals surface area contributed by atoms with Crippen LogP contribution in [-0.4, -0.2) is 33.4 Å². The number of rotatable bonds is 7. The highest BCUT2D eigenvalue weighted by Gasteiger charge is 2.07. The normalized spacial score (nSPS) is 10.5. The largest absolute Gasteiger partial charge is 0.491 e. The van der Waals surface area contributed by atoms with Gasteiger partial charge in [0.1, 0.15) is 12.0 Å². The number of ether oxygens (including phenoxy) is 3. The average molecular weight is 239 g/mol. The molecule has 94 valence electrons. The van der Waals surface area contributed by atoms with E-state index in [2.05, 4.69) is 0 Å². The quantitative estimate of drug-likeness (QED) is 0.443. The van der Waals surface area contributed by atoms with Crippen molar-refractivity contribution in [3.63, 3.8) is 0 Å². The number of carbonyl (C=O) groups is 1. The van der Waals surface area contributed by atoms with Crippen molar-refractivity contribution in [1.29, 1.82) is 0 Å². The number of hydrogen-bond acceptors (Lipinski definition) is 5.